The molecule has 0 radical (unpaired) electrons. The first-order chi connectivity index (χ1) is 12.3. The lowest BCUT2D eigenvalue weighted by Gasteiger charge is -2.32. The first kappa shape index (κ1) is 19.0. The number of nitrogens with one attached hydrogen (secondary N) is 2. The van der Waals surface area contributed by atoms with Crippen molar-refractivity contribution in [1.82, 2.24) is 20.1 Å². The standard InChI is InChI=1S/C18H22N4OS3/c1-11(22-15(20-21-17(22)24)13-8-6-10-26-13)16(23)19-14(18(2,3)4)12-7-5-9-25-12/h5-11,14H,1-4H3,(H,19,23)(H,21,24). The minimum Gasteiger partial charge on any atom is -0.346 e. The molecule has 0 spiro atoms. The van der Waals surface area contributed by atoms with Gasteiger partial charge in [-0.1, -0.05) is 32.9 Å². The third-order valence-corrected chi connectivity index (χ3v) is 6.28. The van der Waals surface area contributed by atoms with Crippen molar-refractivity contribution in [1.29, 1.82) is 0 Å². The Morgan fingerprint density at radius 3 is 2.54 bits per heavy atom. The molecule has 0 aliphatic rings. The van der Waals surface area contributed by atoms with Crippen LogP contribution in [0.15, 0.2) is 35.0 Å². The molecular weight excluding hydrogens is 384 g/mol. The maximum absolute atomic E-state index is 13.1. The first-order valence-electron chi connectivity index (χ1n) is 8.33. The lowest BCUT2D eigenvalue weighted by atomic mass is 9.85. The third-order valence-electron chi connectivity index (χ3n) is 4.19. The van der Waals surface area contributed by atoms with Gasteiger partial charge in [-0.15, -0.1) is 22.7 Å². The highest BCUT2D eigenvalue weighted by atomic mass is 32.1. The van der Waals surface area contributed by atoms with E-state index >= 15 is 0 Å². The normalized spacial score (nSPS) is 14.2. The molecule has 138 valence electrons. The number of rotatable bonds is 5. The fourth-order valence-electron chi connectivity index (χ4n) is 2.79. The van der Waals surface area contributed by atoms with Crippen LogP contribution in [-0.2, 0) is 4.79 Å². The zero-order chi connectivity index (χ0) is 18.9. The van der Waals surface area contributed by atoms with Crippen molar-refractivity contribution in [3.63, 3.8) is 0 Å². The van der Waals surface area contributed by atoms with Crippen LogP contribution in [-0.4, -0.2) is 20.7 Å². The summed E-state index contributed by atoms with van der Waals surface area (Å²) in [7, 11) is 0. The number of nitrogens with zero attached hydrogens (tertiary/aromatic N) is 2. The van der Waals surface area contributed by atoms with Crippen molar-refractivity contribution < 1.29 is 4.79 Å². The van der Waals surface area contributed by atoms with E-state index < -0.39 is 6.04 Å². The lowest BCUT2D eigenvalue weighted by Crippen LogP contribution is -2.39. The zero-order valence-electron chi connectivity index (χ0n) is 15.1. The molecule has 3 heterocycles. The molecule has 0 aliphatic heterocycles. The smallest absolute Gasteiger partial charge is 0.243 e. The molecule has 0 saturated carbocycles. The summed E-state index contributed by atoms with van der Waals surface area (Å²) < 4.78 is 2.23. The maximum atomic E-state index is 13.1. The predicted molar refractivity (Wildman–Crippen MR) is 110 cm³/mol. The molecular formula is C18H22N4OS3. The van der Waals surface area contributed by atoms with Gasteiger partial charge in [0, 0.05) is 4.88 Å². The summed E-state index contributed by atoms with van der Waals surface area (Å²) in [6.45, 7) is 8.24. The van der Waals surface area contributed by atoms with Crippen LogP contribution in [0.25, 0.3) is 10.7 Å². The van der Waals surface area contributed by atoms with E-state index in [4.69, 9.17) is 12.2 Å². The van der Waals surface area contributed by atoms with E-state index in [2.05, 4.69) is 42.4 Å². The van der Waals surface area contributed by atoms with E-state index in [0.717, 1.165) is 9.75 Å². The van der Waals surface area contributed by atoms with E-state index in [1.165, 1.54) is 0 Å². The number of hydrogen-bond acceptors (Lipinski definition) is 5. The summed E-state index contributed by atoms with van der Waals surface area (Å²) in [6, 6.07) is 7.47. The van der Waals surface area contributed by atoms with Crippen molar-refractivity contribution in [2.75, 3.05) is 0 Å². The molecule has 0 fully saturated rings. The van der Waals surface area contributed by atoms with Crippen LogP contribution in [0.2, 0.25) is 0 Å². The van der Waals surface area contributed by atoms with Gasteiger partial charge in [-0.25, -0.2) is 0 Å². The molecule has 5 nitrogen and oxygen atoms in total. The third kappa shape index (κ3) is 3.82. The second-order valence-electron chi connectivity index (χ2n) is 7.20. The van der Waals surface area contributed by atoms with E-state index in [9.17, 15) is 4.79 Å². The summed E-state index contributed by atoms with van der Waals surface area (Å²) in [6.07, 6.45) is 0. The molecule has 3 aromatic heterocycles. The zero-order valence-corrected chi connectivity index (χ0v) is 17.6. The molecule has 2 atom stereocenters. The number of carbonyl (C=O) groups is 1. The number of hydrogen-bond donors (Lipinski definition) is 2. The summed E-state index contributed by atoms with van der Waals surface area (Å²) in [5.74, 6) is 0.615. The van der Waals surface area contributed by atoms with Crippen LogP contribution < -0.4 is 5.32 Å². The average Bonchev–Trinajstić information content (AvgIpc) is 3.31. The SMILES string of the molecule is CC(C(=O)NC(c1cccs1)C(C)(C)C)n1c(-c2cccs2)n[nH]c1=S. The highest BCUT2D eigenvalue weighted by molar-refractivity contribution is 7.71. The molecule has 0 bridgehead atoms. The Labute approximate surface area is 166 Å². The quantitative estimate of drug-likeness (QED) is 0.573. The summed E-state index contributed by atoms with van der Waals surface area (Å²) in [5.41, 5.74) is -0.103. The van der Waals surface area contributed by atoms with Crippen LogP contribution in [0, 0.1) is 10.2 Å². The Morgan fingerprint density at radius 2 is 1.96 bits per heavy atom. The second-order valence-corrected chi connectivity index (χ2v) is 9.51. The van der Waals surface area contributed by atoms with Crippen LogP contribution >= 0.6 is 34.9 Å². The van der Waals surface area contributed by atoms with E-state index in [1.54, 1.807) is 27.2 Å². The fraction of sp³-hybridized carbons (Fsp3) is 0.389. The summed E-state index contributed by atoms with van der Waals surface area (Å²) in [4.78, 5) is 15.2. The van der Waals surface area contributed by atoms with E-state index in [0.29, 0.717) is 10.6 Å². The number of aromatic amines is 1. The second kappa shape index (κ2) is 7.46. The summed E-state index contributed by atoms with van der Waals surface area (Å²) in [5, 5.41) is 14.4. The molecule has 3 aromatic rings. The van der Waals surface area contributed by atoms with E-state index in [1.807, 2.05) is 35.9 Å². The van der Waals surface area contributed by atoms with Crippen molar-refractivity contribution in [2.45, 2.75) is 39.8 Å². The van der Waals surface area contributed by atoms with E-state index in [-0.39, 0.29) is 17.4 Å². The fourth-order valence-corrected chi connectivity index (χ4v) is 4.81. The van der Waals surface area contributed by atoms with Gasteiger partial charge in [0.05, 0.1) is 10.9 Å². The van der Waals surface area contributed by atoms with Gasteiger partial charge in [0.1, 0.15) is 6.04 Å². The minimum atomic E-state index is -0.469. The molecule has 3 rings (SSSR count). The van der Waals surface area contributed by atoms with Gasteiger partial charge < -0.3 is 5.32 Å². The number of H-pyrrole nitrogens is 1. The van der Waals surface area contributed by atoms with Crippen LogP contribution in [0.3, 0.4) is 0 Å². The van der Waals surface area contributed by atoms with Crippen molar-refractivity contribution in [3.8, 4) is 10.7 Å². The predicted octanol–water partition coefficient (Wildman–Crippen LogP) is 5.20. The Bertz CT molecular complexity index is 917. The van der Waals surface area contributed by atoms with Gasteiger partial charge in [-0.05, 0) is 47.4 Å². The lowest BCUT2D eigenvalue weighted by molar-refractivity contribution is -0.125. The topological polar surface area (TPSA) is 62.7 Å². The molecule has 0 saturated heterocycles. The average molecular weight is 407 g/mol. The van der Waals surface area contributed by atoms with Gasteiger partial charge >= 0.3 is 0 Å². The van der Waals surface area contributed by atoms with Crippen molar-refractivity contribution >= 4 is 40.8 Å². The monoisotopic (exact) mass is 406 g/mol. The number of amides is 1. The molecule has 1 amide bonds. The molecule has 8 heteroatoms. The molecule has 26 heavy (non-hydrogen) atoms. The van der Waals surface area contributed by atoms with Crippen LogP contribution in [0.5, 0.6) is 0 Å². The van der Waals surface area contributed by atoms with Gasteiger partial charge in [-0.2, -0.15) is 5.10 Å². The molecule has 2 unspecified atom stereocenters. The highest BCUT2D eigenvalue weighted by Crippen LogP contribution is 2.35. The van der Waals surface area contributed by atoms with Gasteiger partial charge in [0.25, 0.3) is 0 Å². The first-order valence-corrected chi connectivity index (χ1v) is 10.5. The van der Waals surface area contributed by atoms with Crippen molar-refractivity contribution in [2.24, 2.45) is 5.41 Å². The highest BCUT2D eigenvalue weighted by Gasteiger charge is 2.31. The van der Waals surface area contributed by atoms with Crippen molar-refractivity contribution in [3.05, 3.63) is 44.7 Å². The number of thiophene rings is 2. The van der Waals surface area contributed by atoms with Gasteiger partial charge in [0.15, 0.2) is 10.6 Å². The largest absolute Gasteiger partial charge is 0.346 e. The molecule has 0 aliphatic carbocycles. The Morgan fingerprint density at radius 1 is 1.27 bits per heavy atom. The van der Waals surface area contributed by atoms with Crippen LogP contribution in [0.1, 0.15) is 44.7 Å². The van der Waals surface area contributed by atoms with Gasteiger partial charge in [0.2, 0.25) is 5.91 Å². The number of carbonyl (C=O) groups excluding carboxylic acids is 1. The Balaban J connectivity index is 1.89. The minimum absolute atomic E-state index is 0.0660. The maximum Gasteiger partial charge on any atom is 0.243 e. The van der Waals surface area contributed by atoms with Gasteiger partial charge in [-0.3, -0.25) is 14.5 Å². The Kier molecular flexibility index (Phi) is 5.45. The number of aromatic nitrogens is 3. The molecule has 2 N–H and O–H groups in total. The molecule has 0 aromatic carbocycles. The summed E-state index contributed by atoms with van der Waals surface area (Å²) >= 11 is 8.60. The Hall–Kier alpha value is -1.77. The van der Waals surface area contributed by atoms with Crippen LogP contribution in [0.4, 0.5) is 0 Å².